The van der Waals surface area contributed by atoms with Gasteiger partial charge in [-0.25, -0.2) is 0 Å². The van der Waals surface area contributed by atoms with E-state index in [-0.39, 0.29) is 5.91 Å². The second-order valence-corrected chi connectivity index (χ2v) is 7.96. The molecule has 1 fully saturated rings. The normalized spacial score (nSPS) is 15.1. The first-order chi connectivity index (χ1) is 15.2. The van der Waals surface area contributed by atoms with E-state index in [0.29, 0.717) is 31.3 Å². The fraction of sp³-hybridized carbons (Fsp3) is 0.375. The van der Waals surface area contributed by atoms with Crippen molar-refractivity contribution in [1.82, 2.24) is 25.3 Å². The van der Waals surface area contributed by atoms with Crippen molar-refractivity contribution in [3.8, 4) is 11.4 Å². The number of nitrogens with zero attached hydrogens (tertiary/aromatic N) is 4. The minimum Gasteiger partial charge on any atom is -0.355 e. The summed E-state index contributed by atoms with van der Waals surface area (Å²) < 4.78 is 5.47. The quantitative estimate of drug-likeness (QED) is 0.605. The van der Waals surface area contributed by atoms with Gasteiger partial charge in [-0.2, -0.15) is 4.98 Å². The zero-order valence-corrected chi connectivity index (χ0v) is 18.0. The lowest BCUT2D eigenvalue weighted by Crippen LogP contribution is -2.49. The number of rotatable bonds is 8. The van der Waals surface area contributed by atoms with Gasteiger partial charge in [-0.1, -0.05) is 59.8 Å². The second kappa shape index (κ2) is 10.3. The van der Waals surface area contributed by atoms with E-state index in [4.69, 9.17) is 4.52 Å². The van der Waals surface area contributed by atoms with E-state index in [9.17, 15) is 4.79 Å². The number of hydrogen-bond acceptors (Lipinski definition) is 6. The molecule has 7 heteroatoms. The van der Waals surface area contributed by atoms with Crippen LogP contribution in [0.2, 0.25) is 0 Å². The van der Waals surface area contributed by atoms with E-state index < -0.39 is 0 Å². The van der Waals surface area contributed by atoms with Crippen LogP contribution in [0.1, 0.15) is 17.0 Å². The van der Waals surface area contributed by atoms with Crippen molar-refractivity contribution >= 4 is 5.91 Å². The molecule has 1 saturated heterocycles. The summed E-state index contributed by atoms with van der Waals surface area (Å²) in [6, 6.07) is 18.2. The van der Waals surface area contributed by atoms with Crippen LogP contribution in [-0.2, 0) is 17.8 Å². The Morgan fingerprint density at radius 3 is 2.48 bits per heavy atom. The van der Waals surface area contributed by atoms with E-state index in [1.807, 2.05) is 49.4 Å². The van der Waals surface area contributed by atoms with E-state index in [1.54, 1.807) is 0 Å². The summed E-state index contributed by atoms with van der Waals surface area (Å²) in [6.07, 6.45) is 0.856. The van der Waals surface area contributed by atoms with Crippen molar-refractivity contribution in [1.29, 1.82) is 0 Å². The molecule has 2 aromatic carbocycles. The van der Waals surface area contributed by atoms with Crippen molar-refractivity contribution in [3.63, 3.8) is 0 Å². The van der Waals surface area contributed by atoms with Gasteiger partial charge in [0, 0.05) is 38.3 Å². The molecular formula is C24H29N5O2. The van der Waals surface area contributed by atoms with Crippen molar-refractivity contribution in [3.05, 3.63) is 71.6 Å². The molecule has 1 N–H and O–H groups in total. The highest BCUT2D eigenvalue weighted by Gasteiger charge is 2.21. The Labute approximate surface area is 183 Å². The maximum absolute atomic E-state index is 12.2. The van der Waals surface area contributed by atoms with Crippen molar-refractivity contribution in [2.45, 2.75) is 19.9 Å². The minimum absolute atomic E-state index is 0.0872. The molecule has 7 nitrogen and oxygen atoms in total. The van der Waals surface area contributed by atoms with Crippen molar-refractivity contribution in [2.24, 2.45) is 0 Å². The Morgan fingerprint density at radius 2 is 1.71 bits per heavy atom. The van der Waals surface area contributed by atoms with Gasteiger partial charge in [0.05, 0.1) is 13.1 Å². The summed E-state index contributed by atoms with van der Waals surface area (Å²) in [6.45, 7) is 7.25. The Hall–Kier alpha value is -3.03. The predicted octanol–water partition coefficient (Wildman–Crippen LogP) is 2.52. The fourth-order valence-electron chi connectivity index (χ4n) is 3.80. The molecule has 0 aliphatic carbocycles. The molecule has 1 aromatic heterocycles. The largest absolute Gasteiger partial charge is 0.355 e. The predicted molar refractivity (Wildman–Crippen MR) is 119 cm³/mol. The van der Waals surface area contributed by atoms with E-state index in [1.165, 1.54) is 5.56 Å². The molecule has 1 aliphatic heterocycles. The Bertz CT molecular complexity index is 980. The number of carbonyl (C=O) groups is 1. The van der Waals surface area contributed by atoms with Crippen LogP contribution in [0.4, 0.5) is 0 Å². The number of benzene rings is 2. The van der Waals surface area contributed by atoms with Crippen LogP contribution in [0.25, 0.3) is 11.4 Å². The molecule has 0 radical (unpaired) electrons. The summed E-state index contributed by atoms with van der Waals surface area (Å²) in [7, 11) is 0. The van der Waals surface area contributed by atoms with Crippen LogP contribution in [0.5, 0.6) is 0 Å². The fourth-order valence-corrected chi connectivity index (χ4v) is 3.80. The zero-order chi connectivity index (χ0) is 21.5. The topological polar surface area (TPSA) is 74.5 Å². The first-order valence-electron chi connectivity index (χ1n) is 10.8. The van der Waals surface area contributed by atoms with Crippen LogP contribution in [0.15, 0.2) is 59.1 Å². The third-order valence-electron chi connectivity index (χ3n) is 5.62. The smallest absolute Gasteiger partial charge is 0.241 e. The van der Waals surface area contributed by atoms with Crippen LogP contribution in [0.3, 0.4) is 0 Å². The molecule has 31 heavy (non-hydrogen) atoms. The van der Waals surface area contributed by atoms with Gasteiger partial charge >= 0.3 is 0 Å². The molecule has 4 rings (SSSR count). The number of nitrogens with one attached hydrogen (secondary N) is 1. The lowest BCUT2D eigenvalue weighted by molar-refractivity contribution is -0.122. The average molecular weight is 420 g/mol. The number of hydrogen-bond donors (Lipinski definition) is 1. The lowest BCUT2D eigenvalue weighted by Gasteiger charge is -2.33. The van der Waals surface area contributed by atoms with E-state index in [0.717, 1.165) is 43.7 Å². The average Bonchev–Trinajstić information content (AvgIpc) is 3.24. The number of aryl methyl sites for hydroxylation is 1. The molecule has 0 saturated carbocycles. The highest BCUT2D eigenvalue weighted by atomic mass is 16.5. The maximum atomic E-state index is 12.2. The molecule has 162 valence electrons. The summed E-state index contributed by atoms with van der Waals surface area (Å²) in [5.41, 5.74) is 3.37. The molecular weight excluding hydrogens is 390 g/mol. The molecule has 1 aliphatic rings. The Kier molecular flexibility index (Phi) is 7.07. The summed E-state index contributed by atoms with van der Waals surface area (Å²) in [5.74, 6) is 1.36. The standard InChI is InChI=1S/C24H29N5O2/c1-19-7-5-6-10-21(19)24-26-23(31-27-24)18-29-15-13-28(14-16-29)17-22(30)25-12-11-20-8-3-2-4-9-20/h2-10H,11-18H2,1H3,(H,25,30). The maximum Gasteiger partial charge on any atom is 0.241 e. The second-order valence-electron chi connectivity index (χ2n) is 7.96. The lowest BCUT2D eigenvalue weighted by atomic mass is 10.1. The molecule has 0 spiro atoms. The van der Waals surface area contributed by atoms with Gasteiger partial charge in [-0.05, 0) is 24.5 Å². The first kappa shape index (κ1) is 21.2. The molecule has 1 amide bonds. The van der Waals surface area contributed by atoms with Gasteiger partial charge in [-0.15, -0.1) is 0 Å². The summed E-state index contributed by atoms with van der Waals surface area (Å²) in [4.78, 5) is 21.3. The van der Waals surface area contributed by atoms with E-state index >= 15 is 0 Å². The molecule has 0 atom stereocenters. The molecule has 0 unspecified atom stereocenters. The van der Waals surface area contributed by atoms with Gasteiger partial charge in [0.15, 0.2) is 0 Å². The van der Waals surface area contributed by atoms with Gasteiger partial charge in [-0.3, -0.25) is 14.6 Å². The van der Waals surface area contributed by atoms with E-state index in [2.05, 4.69) is 37.4 Å². The van der Waals surface area contributed by atoms with Crippen molar-refractivity contribution in [2.75, 3.05) is 39.3 Å². The van der Waals surface area contributed by atoms with Gasteiger partial charge in [0.1, 0.15) is 0 Å². The Balaban J connectivity index is 1.18. The zero-order valence-electron chi connectivity index (χ0n) is 18.0. The molecule has 3 aromatic rings. The van der Waals surface area contributed by atoms with Crippen LogP contribution >= 0.6 is 0 Å². The third-order valence-corrected chi connectivity index (χ3v) is 5.62. The summed E-state index contributed by atoms with van der Waals surface area (Å²) >= 11 is 0. The Morgan fingerprint density at radius 1 is 1.00 bits per heavy atom. The van der Waals surface area contributed by atoms with Gasteiger partial charge < -0.3 is 9.84 Å². The summed E-state index contributed by atoms with van der Waals surface area (Å²) in [5, 5.41) is 7.17. The monoisotopic (exact) mass is 419 g/mol. The number of carbonyl (C=O) groups excluding carboxylic acids is 1. The minimum atomic E-state index is 0.0872. The van der Waals surface area contributed by atoms with Crippen LogP contribution in [0, 0.1) is 6.92 Å². The van der Waals surface area contributed by atoms with Gasteiger partial charge in [0.2, 0.25) is 17.6 Å². The number of amides is 1. The third kappa shape index (κ3) is 5.99. The SMILES string of the molecule is Cc1ccccc1-c1noc(CN2CCN(CC(=O)NCCc3ccccc3)CC2)n1. The molecule has 2 heterocycles. The highest BCUT2D eigenvalue weighted by Crippen LogP contribution is 2.20. The van der Waals surface area contributed by atoms with Crippen LogP contribution in [-0.4, -0.2) is 65.1 Å². The van der Waals surface area contributed by atoms with Gasteiger partial charge in [0.25, 0.3) is 0 Å². The van der Waals surface area contributed by atoms with Crippen molar-refractivity contribution < 1.29 is 9.32 Å². The van der Waals surface area contributed by atoms with Crippen LogP contribution < -0.4 is 5.32 Å². The number of piperazine rings is 1. The number of aromatic nitrogens is 2. The first-order valence-corrected chi connectivity index (χ1v) is 10.8. The molecule has 0 bridgehead atoms. The highest BCUT2D eigenvalue weighted by molar-refractivity contribution is 5.78.